The lowest BCUT2D eigenvalue weighted by molar-refractivity contribution is -0.148. The topological polar surface area (TPSA) is 76.1 Å². The van der Waals surface area contributed by atoms with Crippen molar-refractivity contribution < 1.29 is 24.2 Å². The third-order valence-electron chi connectivity index (χ3n) is 4.92. The molecule has 2 aliphatic heterocycles. The number of carboxylic acids is 1. The number of hydrogen-bond acceptors (Lipinski definition) is 4. The van der Waals surface area contributed by atoms with Gasteiger partial charge in [-0.1, -0.05) is 6.07 Å². The molecule has 2 heterocycles. The number of carbonyl (C=O) groups excluding carboxylic acids is 1. The van der Waals surface area contributed by atoms with Gasteiger partial charge < -0.3 is 19.5 Å². The van der Waals surface area contributed by atoms with Crippen molar-refractivity contribution in [3.05, 3.63) is 23.8 Å². The highest BCUT2D eigenvalue weighted by Gasteiger charge is 2.48. The van der Waals surface area contributed by atoms with Gasteiger partial charge in [0, 0.05) is 12.5 Å². The molecule has 4 rings (SSSR count). The van der Waals surface area contributed by atoms with Crippen molar-refractivity contribution >= 4 is 11.9 Å². The van der Waals surface area contributed by atoms with Crippen molar-refractivity contribution in [2.75, 3.05) is 19.8 Å². The summed E-state index contributed by atoms with van der Waals surface area (Å²) in [4.78, 5) is 25.4. The number of aliphatic carboxylic acids is 1. The van der Waals surface area contributed by atoms with Crippen LogP contribution in [0.1, 0.15) is 30.7 Å². The van der Waals surface area contributed by atoms with Gasteiger partial charge in [-0.25, -0.2) is 4.79 Å². The normalized spacial score (nSPS) is 28.5. The summed E-state index contributed by atoms with van der Waals surface area (Å²) in [6.45, 7) is 1.65. The van der Waals surface area contributed by atoms with Crippen LogP contribution in [0, 0.1) is 5.92 Å². The Morgan fingerprint density at radius 2 is 1.96 bits per heavy atom. The summed E-state index contributed by atoms with van der Waals surface area (Å²) in [5, 5.41) is 9.23. The Bertz CT molecular complexity index is 658. The van der Waals surface area contributed by atoms with Crippen molar-refractivity contribution in [3.8, 4) is 11.5 Å². The fourth-order valence-electron chi connectivity index (χ4n) is 3.63. The number of hydrogen-bond donors (Lipinski definition) is 1. The Morgan fingerprint density at radius 3 is 2.74 bits per heavy atom. The zero-order valence-corrected chi connectivity index (χ0v) is 12.7. The summed E-state index contributed by atoms with van der Waals surface area (Å²) in [5.41, 5.74) is 1.07. The zero-order chi connectivity index (χ0) is 16.0. The highest BCUT2D eigenvalue weighted by molar-refractivity contribution is 5.88. The number of carbonyl (C=O) groups is 2. The fourth-order valence-corrected chi connectivity index (χ4v) is 3.63. The molecule has 1 N–H and O–H groups in total. The molecule has 0 radical (unpaired) electrons. The van der Waals surface area contributed by atoms with Gasteiger partial charge in [0.25, 0.3) is 0 Å². The maximum absolute atomic E-state index is 12.6. The van der Waals surface area contributed by atoms with Gasteiger partial charge in [-0.05, 0) is 42.9 Å². The van der Waals surface area contributed by atoms with Crippen LogP contribution in [-0.4, -0.2) is 47.7 Å². The first-order valence-corrected chi connectivity index (χ1v) is 8.08. The van der Waals surface area contributed by atoms with E-state index in [0.717, 1.165) is 29.9 Å². The predicted molar refractivity (Wildman–Crippen MR) is 80.7 cm³/mol. The van der Waals surface area contributed by atoms with Gasteiger partial charge >= 0.3 is 5.97 Å². The van der Waals surface area contributed by atoms with Crippen molar-refractivity contribution in [3.63, 3.8) is 0 Å². The maximum atomic E-state index is 12.6. The van der Waals surface area contributed by atoms with Crippen LogP contribution in [0.3, 0.4) is 0 Å². The first-order chi connectivity index (χ1) is 11.1. The Kier molecular flexibility index (Phi) is 3.39. The summed E-state index contributed by atoms with van der Waals surface area (Å²) >= 11 is 0. The Morgan fingerprint density at radius 1 is 1.17 bits per heavy atom. The van der Waals surface area contributed by atoms with Crippen LogP contribution < -0.4 is 9.47 Å². The molecule has 1 aromatic rings. The largest absolute Gasteiger partial charge is 0.486 e. The molecule has 0 spiro atoms. The molecule has 6 heteroatoms. The molecule has 1 aliphatic carbocycles. The van der Waals surface area contributed by atoms with E-state index in [1.165, 1.54) is 0 Å². The molecule has 1 saturated heterocycles. The Balaban J connectivity index is 1.47. The first-order valence-electron chi connectivity index (χ1n) is 8.08. The average Bonchev–Trinajstić information content (AvgIpc) is 3.21. The predicted octanol–water partition coefficient (Wildman–Crippen LogP) is 1.64. The summed E-state index contributed by atoms with van der Waals surface area (Å²) < 4.78 is 11.1. The molecule has 122 valence electrons. The molecule has 1 amide bonds. The molecule has 3 atom stereocenters. The lowest BCUT2D eigenvalue weighted by Crippen LogP contribution is -2.41. The van der Waals surface area contributed by atoms with Crippen molar-refractivity contribution in [2.45, 2.75) is 31.2 Å². The highest BCUT2D eigenvalue weighted by atomic mass is 16.6. The van der Waals surface area contributed by atoms with Gasteiger partial charge in [0.05, 0.1) is 0 Å². The molecule has 2 fully saturated rings. The minimum atomic E-state index is -0.896. The van der Waals surface area contributed by atoms with E-state index in [0.29, 0.717) is 26.2 Å². The quantitative estimate of drug-likeness (QED) is 0.917. The number of ether oxygens (including phenoxy) is 2. The second-order valence-corrected chi connectivity index (χ2v) is 6.38. The molecule has 3 aliphatic rings. The van der Waals surface area contributed by atoms with E-state index in [9.17, 15) is 14.7 Å². The molecule has 0 unspecified atom stereocenters. The summed E-state index contributed by atoms with van der Waals surface area (Å²) in [6.07, 6.45) is 2.11. The molecule has 1 saturated carbocycles. The second kappa shape index (κ2) is 5.44. The minimum absolute atomic E-state index is 0.0187. The van der Waals surface area contributed by atoms with Crippen LogP contribution in [-0.2, 0) is 9.59 Å². The number of rotatable bonds is 3. The number of amides is 1. The van der Waals surface area contributed by atoms with Crippen LogP contribution in [0.25, 0.3) is 0 Å². The second-order valence-electron chi connectivity index (χ2n) is 6.38. The first kappa shape index (κ1) is 14.4. The van der Waals surface area contributed by atoms with Gasteiger partial charge in [-0.3, -0.25) is 4.79 Å². The van der Waals surface area contributed by atoms with Gasteiger partial charge in [-0.2, -0.15) is 0 Å². The molecule has 6 nitrogen and oxygen atoms in total. The van der Waals surface area contributed by atoms with E-state index in [1.54, 1.807) is 4.90 Å². The lowest BCUT2D eigenvalue weighted by atomic mass is 10.1. The van der Waals surface area contributed by atoms with E-state index in [4.69, 9.17) is 9.47 Å². The molecule has 0 bridgehead atoms. The van der Waals surface area contributed by atoms with Gasteiger partial charge in [-0.15, -0.1) is 0 Å². The number of fused-ring (bicyclic) bond motifs is 1. The maximum Gasteiger partial charge on any atom is 0.326 e. The van der Waals surface area contributed by atoms with Crippen LogP contribution in [0.15, 0.2) is 18.2 Å². The standard InChI is InChI=1S/C17H19NO5/c19-16(18-5-1-2-13(18)17(20)21)12-9-11(12)10-3-4-14-15(8-10)23-7-6-22-14/h3-4,8,11-13H,1-2,5-7,9H2,(H,20,21)/t11-,12-,13+/m1/s1. The van der Waals surface area contributed by atoms with E-state index in [1.807, 2.05) is 18.2 Å². The number of carboxylic acid groups (broad SMARTS) is 1. The monoisotopic (exact) mass is 317 g/mol. The van der Waals surface area contributed by atoms with E-state index >= 15 is 0 Å². The van der Waals surface area contributed by atoms with E-state index in [-0.39, 0.29) is 17.7 Å². The third kappa shape index (κ3) is 2.52. The summed E-state index contributed by atoms with van der Waals surface area (Å²) in [6, 6.07) is 5.17. The van der Waals surface area contributed by atoms with Gasteiger partial charge in [0.1, 0.15) is 19.3 Å². The van der Waals surface area contributed by atoms with Crippen molar-refractivity contribution in [1.29, 1.82) is 0 Å². The molecular formula is C17H19NO5. The highest BCUT2D eigenvalue weighted by Crippen LogP contribution is 2.50. The minimum Gasteiger partial charge on any atom is -0.486 e. The van der Waals surface area contributed by atoms with Crippen LogP contribution in [0.2, 0.25) is 0 Å². The van der Waals surface area contributed by atoms with Crippen LogP contribution in [0.4, 0.5) is 0 Å². The summed E-state index contributed by atoms with van der Waals surface area (Å²) in [7, 11) is 0. The molecule has 1 aromatic carbocycles. The molecule has 23 heavy (non-hydrogen) atoms. The SMILES string of the molecule is O=C(O)[C@@H]1CCCN1C(=O)[C@@H]1C[C@@H]1c1ccc2c(c1)OCCO2. The summed E-state index contributed by atoms with van der Waals surface area (Å²) in [5.74, 6) is 0.624. The number of benzene rings is 1. The zero-order valence-electron chi connectivity index (χ0n) is 12.7. The van der Waals surface area contributed by atoms with Gasteiger partial charge in [0.2, 0.25) is 5.91 Å². The smallest absolute Gasteiger partial charge is 0.326 e. The van der Waals surface area contributed by atoms with E-state index in [2.05, 4.69) is 0 Å². The van der Waals surface area contributed by atoms with Gasteiger partial charge in [0.15, 0.2) is 11.5 Å². The van der Waals surface area contributed by atoms with Crippen molar-refractivity contribution in [1.82, 2.24) is 4.90 Å². The molecule has 0 aromatic heterocycles. The Hall–Kier alpha value is -2.24. The Labute approximate surface area is 134 Å². The fraction of sp³-hybridized carbons (Fsp3) is 0.529. The van der Waals surface area contributed by atoms with E-state index < -0.39 is 12.0 Å². The lowest BCUT2D eigenvalue weighted by Gasteiger charge is -2.22. The van der Waals surface area contributed by atoms with Crippen LogP contribution >= 0.6 is 0 Å². The average molecular weight is 317 g/mol. The van der Waals surface area contributed by atoms with Crippen LogP contribution in [0.5, 0.6) is 11.5 Å². The number of nitrogens with zero attached hydrogens (tertiary/aromatic N) is 1. The molecular weight excluding hydrogens is 298 g/mol. The van der Waals surface area contributed by atoms with Crippen molar-refractivity contribution in [2.24, 2.45) is 5.92 Å². The number of likely N-dealkylation sites (tertiary alicyclic amines) is 1. The third-order valence-corrected chi connectivity index (χ3v) is 4.92.